The maximum Gasteiger partial charge on any atom is 0 e. The van der Waals surface area contributed by atoms with Crippen molar-refractivity contribution < 1.29 is 43.4 Å². The second-order valence-corrected chi connectivity index (χ2v) is 0. The average Bonchev–Trinajstić information content (AvgIpc) is 0. The van der Waals surface area contributed by atoms with Crippen molar-refractivity contribution >= 4 is 29.8 Å². The molecule has 0 aliphatic heterocycles. The minimum Gasteiger partial charge on any atom is 0 e. The summed E-state index contributed by atoms with van der Waals surface area (Å²) in [5, 5.41) is 0. The molecule has 0 fully saturated rings. The molecule has 0 atom stereocenters. The summed E-state index contributed by atoms with van der Waals surface area (Å²) in [6.07, 6.45) is 0. The van der Waals surface area contributed by atoms with Crippen LogP contribution in [0.5, 0.6) is 0 Å². The van der Waals surface area contributed by atoms with Gasteiger partial charge in [-0.15, -0.1) is 0 Å². The first-order chi connectivity index (χ1) is 0. The van der Waals surface area contributed by atoms with Crippen molar-refractivity contribution in [3.05, 3.63) is 7.43 Å². The zero-order chi connectivity index (χ0) is 0. The Labute approximate surface area is 79.8 Å². The van der Waals surface area contributed by atoms with Crippen LogP contribution in [0.4, 0.5) is 0 Å². The van der Waals surface area contributed by atoms with Crippen LogP contribution in [0.15, 0.2) is 0 Å². The smallest absolute Gasteiger partial charge is 0 e. The molecule has 0 unspecified atom stereocenters. The molecule has 0 aromatic heterocycles. The molecule has 0 aromatic carbocycles. The Kier molecular flexibility index (Phi) is 383. The van der Waals surface area contributed by atoms with Gasteiger partial charge in [0.25, 0.3) is 0 Å². The summed E-state index contributed by atoms with van der Waals surface area (Å²) in [5.41, 5.74) is 0. The van der Waals surface area contributed by atoms with Gasteiger partial charge in [0.1, 0.15) is 0 Å². The summed E-state index contributed by atoms with van der Waals surface area (Å²) in [6, 6.07) is 0. The van der Waals surface area contributed by atoms with Crippen molar-refractivity contribution in [3.63, 3.8) is 0 Å². The van der Waals surface area contributed by atoms with Gasteiger partial charge in [0.05, 0.1) is 0 Å². The molecular formula is CAgLiPtSi. The quantitative estimate of drug-likeness (QED) is 0.508. The summed E-state index contributed by atoms with van der Waals surface area (Å²) >= 11 is 0. The van der Waals surface area contributed by atoms with Crippen LogP contribution >= 0.6 is 0 Å². The molecule has 0 aliphatic carbocycles. The van der Waals surface area contributed by atoms with Crippen LogP contribution in [0.1, 0.15) is 0 Å². The third-order valence-electron chi connectivity index (χ3n) is 0. The van der Waals surface area contributed by atoms with E-state index in [-0.39, 0.29) is 80.7 Å². The van der Waals surface area contributed by atoms with Gasteiger partial charge in [-0.2, -0.15) is 0 Å². The van der Waals surface area contributed by atoms with Crippen molar-refractivity contribution in [2.45, 2.75) is 0 Å². The SMILES string of the molecule is [Ag].[C].[Li].[Pt].[Si]. The molecule has 5 heavy (non-hydrogen) atoms. The molecule has 0 saturated carbocycles. The van der Waals surface area contributed by atoms with Crippen LogP contribution in [0.25, 0.3) is 0 Å². The largest absolute Gasteiger partial charge is 0 e. The van der Waals surface area contributed by atoms with E-state index in [1.807, 2.05) is 0 Å². The van der Waals surface area contributed by atoms with E-state index >= 15 is 0 Å². The van der Waals surface area contributed by atoms with Crippen LogP contribution in [-0.2, 0) is 43.4 Å². The van der Waals surface area contributed by atoms with Gasteiger partial charge in [-0.3, -0.25) is 0 Å². The molecule has 0 saturated heterocycles. The molecule has 4 heteroatoms. The topological polar surface area (TPSA) is 0 Å². The van der Waals surface area contributed by atoms with E-state index in [0.717, 1.165) is 0 Å². The van der Waals surface area contributed by atoms with Gasteiger partial charge in [-0.25, -0.2) is 0 Å². The molecule has 0 aliphatic rings. The molecule has 0 nitrogen and oxygen atoms in total. The van der Waals surface area contributed by atoms with Crippen LogP contribution in [0.3, 0.4) is 0 Å². The first-order valence-electron chi connectivity index (χ1n) is 0. The number of hydrogen-bond donors (Lipinski definition) is 0. The van der Waals surface area contributed by atoms with Crippen molar-refractivity contribution in [1.29, 1.82) is 0 Å². The molecule has 0 bridgehead atoms. The van der Waals surface area contributed by atoms with Crippen molar-refractivity contribution in [3.8, 4) is 0 Å². The van der Waals surface area contributed by atoms with Crippen molar-refractivity contribution in [2.24, 2.45) is 0 Å². The normalized spacial score (nSPS) is 0. The monoisotopic (exact) mass is 349 g/mol. The maximum absolute atomic E-state index is 0. The van der Waals surface area contributed by atoms with Crippen LogP contribution in [0, 0.1) is 7.43 Å². The van der Waals surface area contributed by atoms with Gasteiger partial charge in [-0.1, -0.05) is 0 Å². The predicted molar refractivity (Wildman–Crippen MR) is 14.8 cm³/mol. The summed E-state index contributed by atoms with van der Waals surface area (Å²) < 4.78 is 0. The van der Waals surface area contributed by atoms with Gasteiger partial charge in [0, 0.05) is 80.7 Å². The van der Waals surface area contributed by atoms with Gasteiger partial charge in [0.2, 0.25) is 0 Å². The molecule has 0 N–H and O–H groups in total. The zero-order valence-corrected chi connectivity index (χ0v) is 7.37. The van der Waals surface area contributed by atoms with Crippen LogP contribution in [-0.4, -0.2) is 29.8 Å². The molecule has 0 heterocycles. The second kappa shape index (κ2) is 34.1. The second-order valence-electron chi connectivity index (χ2n) is 0. The Morgan fingerprint density at radius 3 is 1.00 bits per heavy atom. The van der Waals surface area contributed by atoms with E-state index in [9.17, 15) is 0 Å². The minimum absolute atomic E-state index is 0. The Hall–Kier alpha value is 2.24. The molecule has 0 amide bonds. The van der Waals surface area contributed by atoms with E-state index in [1.165, 1.54) is 0 Å². The number of rotatable bonds is 0. The van der Waals surface area contributed by atoms with E-state index in [4.69, 9.17) is 0 Å². The zero-order valence-electron chi connectivity index (χ0n) is 2.62. The predicted octanol–water partition coefficient (Wildman–Crippen LogP) is -0.685. The first kappa shape index (κ1) is 56.1. The van der Waals surface area contributed by atoms with Crippen molar-refractivity contribution in [1.82, 2.24) is 0 Å². The van der Waals surface area contributed by atoms with E-state index < -0.39 is 0 Å². The molecule has 30 valence electrons. The third-order valence-corrected chi connectivity index (χ3v) is 0. The molecule has 0 spiro atoms. The van der Waals surface area contributed by atoms with Gasteiger partial charge in [0.15, 0.2) is 0 Å². The van der Waals surface area contributed by atoms with Crippen molar-refractivity contribution in [2.75, 3.05) is 0 Å². The van der Waals surface area contributed by atoms with E-state index in [2.05, 4.69) is 0 Å². The Bertz CT molecular complexity index is 11.6. The minimum atomic E-state index is 0. The molecular weight excluding hydrogens is 350 g/mol. The Morgan fingerprint density at radius 2 is 1.00 bits per heavy atom. The fourth-order valence-corrected chi connectivity index (χ4v) is 0. The fraction of sp³-hybridized carbons (Fsp3) is 0. The molecule has 0 aromatic rings. The fourth-order valence-electron chi connectivity index (χ4n) is 0. The summed E-state index contributed by atoms with van der Waals surface area (Å²) in [6.45, 7) is 0. The van der Waals surface area contributed by atoms with Crippen LogP contribution in [0.2, 0.25) is 0 Å². The van der Waals surface area contributed by atoms with Gasteiger partial charge >= 0.3 is 0 Å². The first-order valence-corrected chi connectivity index (χ1v) is 0. The van der Waals surface area contributed by atoms with Crippen LogP contribution < -0.4 is 0 Å². The Morgan fingerprint density at radius 1 is 1.00 bits per heavy atom. The van der Waals surface area contributed by atoms with Gasteiger partial charge in [-0.05, 0) is 0 Å². The maximum atomic E-state index is 0. The summed E-state index contributed by atoms with van der Waals surface area (Å²) in [5.74, 6) is 0. The Balaban J connectivity index is 0. The third kappa shape index (κ3) is 22.3. The van der Waals surface area contributed by atoms with E-state index in [0.29, 0.717) is 0 Å². The van der Waals surface area contributed by atoms with Gasteiger partial charge < -0.3 is 0 Å². The summed E-state index contributed by atoms with van der Waals surface area (Å²) in [4.78, 5) is 0. The molecule has 10 radical (unpaired) electrons. The standard InChI is InChI=1S/C.Ag.Li.Pt.Si. The van der Waals surface area contributed by atoms with E-state index in [1.54, 1.807) is 0 Å². The number of hydrogen-bond acceptors (Lipinski definition) is 0. The molecule has 0 rings (SSSR count). The average molecular weight is 350 g/mol. The summed E-state index contributed by atoms with van der Waals surface area (Å²) in [7, 11) is 0.